The Morgan fingerprint density at radius 3 is 1.12 bits per heavy atom. The van der Waals surface area contributed by atoms with E-state index in [9.17, 15) is 0 Å². The van der Waals surface area contributed by atoms with Gasteiger partial charge in [-0.15, -0.1) is 71.8 Å². The number of pyridine rings is 2. The van der Waals surface area contributed by atoms with Crippen LogP contribution in [0.25, 0.3) is 69.1 Å². The van der Waals surface area contributed by atoms with Crippen molar-refractivity contribution in [3.8, 4) is 56.3 Å². The molecule has 0 saturated carbocycles. The monoisotopic (exact) mass is 1170 g/mol. The van der Waals surface area contributed by atoms with Gasteiger partial charge >= 0.3 is 0 Å². The van der Waals surface area contributed by atoms with Crippen LogP contribution in [0.5, 0.6) is 11.5 Å². The van der Waals surface area contributed by atoms with E-state index in [0.29, 0.717) is 19.6 Å². The Balaban J connectivity index is 0.000000240. The molecule has 2 heterocycles. The number of aromatic nitrogens is 2. The third-order valence-corrected chi connectivity index (χ3v) is 11.5. The average Bonchev–Trinajstić information content (AvgIpc) is 3.43. The number of aliphatic hydroxyl groups is 4. The Kier molecular flexibility index (Phi) is 26.0. The summed E-state index contributed by atoms with van der Waals surface area (Å²) in [7, 11) is 0. The fourth-order valence-corrected chi connectivity index (χ4v) is 7.58. The van der Waals surface area contributed by atoms with E-state index in [-0.39, 0.29) is 45.5 Å². The molecule has 74 heavy (non-hydrogen) atoms. The van der Waals surface area contributed by atoms with Crippen molar-refractivity contribution in [1.82, 2.24) is 9.97 Å². The zero-order chi connectivity index (χ0) is 51.3. The van der Waals surface area contributed by atoms with E-state index >= 15 is 0 Å². The average molecular weight is 1170 g/mol. The Bertz CT molecular complexity index is 2620. The summed E-state index contributed by atoms with van der Waals surface area (Å²) in [5, 5.41) is 34.7. The molecule has 6 aromatic carbocycles. The van der Waals surface area contributed by atoms with Gasteiger partial charge in [0.1, 0.15) is 11.5 Å². The molecule has 9 heteroatoms. The number of benzene rings is 6. The van der Waals surface area contributed by atoms with Gasteiger partial charge in [0.05, 0.1) is 25.4 Å². The molecule has 8 rings (SSSR count). The third-order valence-electron chi connectivity index (χ3n) is 11.5. The van der Waals surface area contributed by atoms with Crippen molar-refractivity contribution < 1.29 is 50.0 Å². The Morgan fingerprint density at radius 2 is 0.811 bits per heavy atom. The molecule has 0 aliphatic rings. The van der Waals surface area contributed by atoms with Crippen molar-refractivity contribution in [3.05, 3.63) is 217 Å². The van der Waals surface area contributed by atoms with Gasteiger partial charge < -0.3 is 39.9 Å². The number of unbranched alkanes of at least 4 members (excludes halogenated alkanes) is 4. The molecule has 0 spiro atoms. The molecule has 0 saturated heterocycles. The summed E-state index contributed by atoms with van der Waals surface area (Å²) >= 11 is 0. The maximum Gasteiger partial charge on any atom is 0.119 e. The predicted molar refractivity (Wildman–Crippen MR) is 299 cm³/mol. The summed E-state index contributed by atoms with van der Waals surface area (Å²) < 4.78 is 11.5. The zero-order valence-electron chi connectivity index (χ0n) is 42.4. The molecule has 4 N–H and O–H groups in total. The summed E-state index contributed by atoms with van der Waals surface area (Å²) in [6, 6.07) is 63.9. The van der Waals surface area contributed by atoms with E-state index in [1.54, 1.807) is 13.8 Å². The van der Waals surface area contributed by atoms with E-state index in [1.807, 2.05) is 97.3 Å². The largest absolute Gasteiger partial charge is 0.494 e. The Labute approximate surface area is 452 Å². The van der Waals surface area contributed by atoms with Crippen molar-refractivity contribution in [3.63, 3.8) is 0 Å². The number of aliphatic hydroxyl groups excluding tert-OH is 4. The second-order valence-corrected chi connectivity index (χ2v) is 17.7. The molecular weight excluding hydrogens is 1100 g/mol. The first-order valence-electron chi connectivity index (χ1n) is 25.2. The van der Waals surface area contributed by atoms with Crippen LogP contribution in [0.2, 0.25) is 0 Å². The number of rotatable bonds is 22. The predicted octanol–water partition coefficient (Wildman–Crippen LogP) is 14.0. The van der Waals surface area contributed by atoms with Crippen molar-refractivity contribution in [1.29, 1.82) is 0 Å². The van der Waals surface area contributed by atoms with Crippen LogP contribution in [0.15, 0.2) is 182 Å². The minimum absolute atomic E-state index is 0. The van der Waals surface area contributed by atoms with Crippen LogP contribution in [-0.4, -0.2) is 69.0 Å². The molecule has 8 nitrogen and oxygen atoms in total. The third kappa shape index (κ3) is 21.0. The Morgan fingerprint density at radius 1 is 0.446 bits per heavy atom. The molecule has 8 aromatic rings. The van der Waals surface area contributed by atoms with Gasteiger partial charge in [0.15, 0.2) is 0 Å². The van der Waals surface area contributed by atoms with Crippen molar-refractivity contribution in [2.24, 2.45) is 0 Å². The van der Waals surface area contributed by atoms with Gasteiger partial charge in [-0.25, -0.2) is 0 Å². The van der Waals surface area contributed by atoms with Crippen LogP contribution in [0.1, 0.15) is 81.0 Å². The molecule has 0 amide bonds. The van der Waals surface area contributed by atoms with Crippen molar-refractivity contribution >= 4 is 24.3 Å². The molecule has 385 valence electrons. The van der Waals surface area contributed by atoms with E-state index in [4.69, 9.17) is 29.9 Å². The van der Waals surface area contributed by atoms with Gasteiger partial charge in [-0.05, 0) is 151 Å². The number of hydrogen-bond acceptors (Lipinski definition) is 8. The molecule has 0 bridgehead atoms. The number of ether oxygens (including phenoxy) is 2. The first-order chi connectivity index (χ1) is 35.8. The molecule has 2 aromatic heterocycles. The maximum absolute atomic E-state index is 8.81. The molecular formula is C65H68IrN2O6-2. The van der Waals surface area contributed by atoms with Crippen molar-refractivity contribution in [2.45, 2.75) is 71.0 Å². The van der Waals surface area contributed by atoms with Gasteiger partial charge in [-0.3, -0.25) is 0 Å². The summed E-state index contributed by atoms with van der Waals surface area (Å²) in [4.78, 5) is 8.98. The molecule has 1 radical (unpaired) electrons. The fraction of sp³-hybridized carbons (Fsp3) is 0.231. The minimum Gasteiger partial charge on any atom is -0.494 e. The first-order valence-corrected chi connectivity index (χ1v) is 25.2. The van der Waals surface area contributed by atoms with Crippen LogP contribution in [0.4, 0.5) is 0 Å². The molecule has 0 fully saturated rings. The second-order valence-electron chi connectivity index (χ2n) is 17.7. The Hall–Kier alpha value is -6.81. The van der Waals surface area contributed by atoms with Gasteiger partial charge in [-0.1, -0.05) is 109 Å². The summed E-state index contributed by atoms with van der Waals surface area (Å²) in [5.74, 6) is 1.76. The fourth-order valence-electron chi connectivity index (χ4n) is 7.58. The van der Waals surface area contributed by atoms with Gasteiger partial charge in [0, 0.05) is 45.7 Å². The topological polar surface area (TPSA) is 125 Å². The molecule has 0 aliphatic heterocycles. The van der Waals surface area contributed by atoms with E-state index in [2.05, 4.69) is 131 Å². The quantitative estimate of drug-likeness (QED) is 0.0300. The van der Waals surface area contributed by atoms with E-state index in [0.717, 1.165) is 117 Å². The van der Waals surface area contributed by atoms with Crippen LogP contribution < -0.4 is 9.47 Å². The van der Waals surface area contributed by atoms with Crippen molar-refractivity contribution in [2.75, 3.05) is 26.4 Å². The minimum atomic E-state index is -0.375. The second kappa shape index (κ2) is 33.1. The number of hydrogen-bond donors (Lipinski definition) is 4. The van der Waals surface area contributed by atoms with Crippen LogP contribution in [0.3, 0.4) is 0 Å². The van der Waals surface area contributed by atoms with Crippen LogP contribution >= 0.6 is 0 Å². The van der Waals surface area contributed by atoms with E-state index in [1.165, 1.54) is 0 Å². The summed E-state index contributed by atoms with van der Waals surface area (Å²) in [6.45, 7) is 5.19. The van der Waals surface area contributed by atoms with Crippen LogP contribution in [0, 0.1) is 12.1 Å². The maximum atomic E-state index is 8.81. The molecule has 2 atom stereocenters. The van der Waals surface area contributed by atoms with Gasteiger partial charge in [-0.2, -0.15) is 0 Å². The number of nitrogens with zero attached hydrogens (tertiary/aromatic N) is 2. The molecule has 0 aliphatic carbocycles. The zero-order valence-corrected chi connectivity index (χ0v) is 44.8. The van der Waals surface area contributed by atoms with Gasteiger partial charge in [0.2, 0.25) is 0 Å². The van der Waals surface area contributed by atoms with E-state index < -0.39 is 0 Å². The summed E-state index contributed by atoms with van der Waals surface area (Å²) in [6.07, 6.45) is 17.4. The first kappa shape index (κ1) is 58.1. The smallest absolute Gasteiger partial charge is 0.119 e. The van der Waals surface area contributed by atoms with Gasteiger partial charge in [0.25, 0.3) is 0 Å². The standard InChI is InChI=1S/2C30H28NO2.C5H12O2.Ir/c2*32-21-5-2-6-22-33-29-17-13-25(14-18-29)10-9-24-11-15-26(16-12-24)28-19-20-31-30(23-28)27-7-3-1-4-8-27;1-4(6)3-5(2)7;/h2*1,3-4,7,9-20,23,32H,2,5-6,21-22H2;4-7H,3H2,1-2H3;/q2*-1;;/b2*10-9+;;. The SMILES string of the molecule is CC(O)CC(C)O.OCCCCCOc1ccc(/C=C/c2ccc(-c3ccnc(-c4[c-]cccc4)c3)cc2)cc1.OCCCCCOc1ccc(/C=C/c2ccc(-c3ccnc(-c4[c-]cccc4)c3)cc2)cc1.[Ir]. The van der Waals surface area contributed by atoms with Crippen LogP contribution in [-0.2, 0) is 20.1 Å². The summed E-state index contributed by atoms with van der Waals surface area (Å²) in [5.41, 5.74) is 13.0. The normalized spacial score (nSPS) is 11.6. The molecule has 2 unspecified atom stereocenters.